The Morgan fingerprint density at radius 1 is 0.939 bits per heavy atom. The van der Waals surface area contributed by atoms with E-state index in [1.54, 1.807) is 13.0 Å². The minimum atomic E-state index is -4.30. The number of carbonyl (C=O) groups is 1. The van der Waals surface area contributed by atoms with Crippen LogP contribution in [0.5, 0.6) is 11.5 Å². The zero-order valence-corrected chi connectivity index (χ0v) is 18.9. The molecule has 3 aromatic rings. The van der Waals surface area contributed by atoms with Crippen LogP contribution < -0.4 is 19.5 Å². The first-order valence-corrected chi connectivity index (χ1v) is 11.2. The molecule has 0 radical (unpaired) electrons. The fourth-order valence-electron chi connectivity index (χ4n) is 3.19. The van der Waals surface area contributed by atoms with Crippen LogP contribution in [-0.2, 0) is 10.0 Å². The molecule has 0 aliphatic rings. The topological polar surface area (TPSA) is 93.7 Å². The number of halogens is 2. The Bertz CT molecular complexity index is 1280. The summed E-state index contributed by atoms with van der Waals surface area (Å²) in [6.07, 6.45) is 0. The highest BCUT2D eigenvalue weighted by molar-refractivity contribution is 7.92. The Hall–Kier alpha value is -3.66. The molecule has 10 heteroatoms. The number of nitrogens with one attached hydrogen (secondary N) is 2. The van der Waals surface area contributed by atoms with Gasteiger partial charge in [-0.1, -0.05) is 30.3 Å². The van der Waals surface area contributed by atoms with Gasteiger partial charge < -0.3 is 14.8 Å². The zero-order valence-electron chi connectivity index (χ0n) is 18.1. The molecule has 1 unspecified atom stereocenters. The molecule has 33 heavy (non-hydrogen) atoms. The number of sulfonamides is 1. The fourth-order valence-corrected chi connectivity index (χ4v) is 4.30. The molecule has 0 spiro atoms. The largest absolute Gasteiger partial charge is 0.493 e. The van der Waals surface area contributed by atoms with Crippen molar-refractivity contribution in [1.82, 2.24) is 5.32 Å². The van der Waals surface area contributed by atoms with Gasteiger partial charge in [-0.15, -0.1) is 0 Å². The Balaban J connectivity index is 2.01. The van der Waals surface area contributed by atoms with Crippen molar-refractivity contribution < 1.29 is 31.5 Å². The van der Waals surface area contributed by atoms with Crippen LogP contribution in [0.3, 0.4) is 0 Å². The number of rotatable bonds is 8. The molecular weight excluding hydrogens is 454 g/mol. The third-order valence-electron chi connectivity index (χ3n) is 4.84. The maximum Gasteiger partial charge on any atom is 0.262 e. The second-order valence-electron chi connectivity index (χ2n) is 7.01. The summed E-state index contributed by atoms with van der Waals surface area (Å²) in [5.74, 6) is -2.03. The summed E-state index contributed by atoms with van der Waals surface area (Å²) in [5, 5.41) is 2.63. The van der Waals surface area contributed by atoms with Crippen molar-refractivity contribution >= 4 is 21.6 Å². The third-order valence-corrected chi connectivity index (χ3v) is 6.19. The minimum absolute atomic E-state index is 0.0134. The number of anilines is 1. The van der Waals surface area contributed by atoms with Gasteiger partial charge in [0.25, 0.3) is 15.9 Å². The Labute approximate surface area is 190 Å². The number of carbonyl (C=O) groups excluding carboxylic acids is 1. The summed E-state index contributed by atoms with van der Waals surface area (Å²) < 4.78 is 66.6. The molecule has 0 bridgehead atoms. The number of hydrogen-bond donors (Lipinski definition) is 2. The van der Waals surface area contributed by atoms with Crippen molar-refractivity contribution in [1.29, 1.82) is 0 Å². The van der Waals surface area contributed by atoms with Gasteiger partial charge in [0.05, 0.1) is 36.4 Å². The Morgan fingerprint density at radius 3 is 2.18 bits per heavy atom. The first kappa shape index (κ1) is 24.0. The number of para-hydroxylation sites is 1. The van der Waals surface area contributed by atoms with Gasteiger partial charge in [-0.25, -0.2) is 17.2 Å². The summed E-state index contributed by atoms with van der Waals surface area (Å²) in [6, 6.07) is 12.7. The molecule has 0 heterocycles. The van der Waals surface area contributed by atoms with Crippen LogP contribution in [-0.4, -0.2) is 28.5 Å². The standard InChI is InChI=1S/C23H22F2N2O5S/c1-14(16-8-4-5-9-18(16)24)26-23(28)17-12-15(13-21(31-2)22(17)32-3)33(29,30)27-20-11-7-6-10-19(20)25/h4-14,27H,1-3H3,(H,26,28). The molecule has 1 atom stereocenters. The van der Waals surface area contributed by atoms with Gasteiger partial charge >= 0.3 is 0 Å². The molecular formula is C23H22F2N2O5S. The van der Waals surface area contributed by atoms with E-state index in [1.807, 2.05) is 0 Å². The molecule has 0 fully saturated rings. The van der Waals surface area contributed by atoms with Gasteiger partial charge in [-0.05, 0) is 31.2 Å². The summed E-state index contributed by atoms with van der Waals surface area (Å²) in [7, 11) is -1.73. The monoisotopic (exact) mass is 476 g/mol. The zero-order chi connectivity index (χ0) is 24.2. The number of ether oxygens (including phenoxy) is 2. The molecule has 0 aliphatic heterocycles. The second-order valence-corrected chi connectivity index (χ2v) is 8.69. The van der Waals surface area contributed by atoms with Crippen molar-refractivity contribution in [3.8, 4) is 11.5 Å². The fraction of sp³-hybridized carbons (Fsp3) is 0.174. The van der Waals surface area contributed by atoms with Crippen molar-refractivity contribution in [3.63, 3.8) is 0 Å². The van der Waals surface area contributed by atoms with E-state index in [4.69, 9.17) is 9.47 Å². The molecule has 7 nitrogen and oxygen atoms in total. The van der Waals surface area contributed by atoms with E-state index >= 15 is 0 Å². The van der Waals surface area contributed by atoms with Crippen LogP contribution in [0.1, 0.15) is 28.9 Å². The quantitative estimate of drug-likeness (QED) is 0.506. The van der Waals surface area contributed by atoms with Crippen LogP contribution in [0, 0.1) is 11.6 Å². The van der Waals surface area contributed by atoms with Crippen LogP contribution in [0.2, 0.25) is 0 Å². The average Bonchev–Trinajstić information content (AvgIpc) is 2.79. The highest BCUT2D eigenvalue weighted by Gasteiger charge is 2.26. The maximum atomic E-state index is 14.1. The van der Waals surface area contributed by atoms with Gasteiger partial charge in [0.1, 0.15) is 11.6 Å². The van der Waals surface area contributed by atoms with E-state index in [1.165, 1.54) is 50.6 Å². The predicted molar refractivity (Wildman–Crippen MR) is 119 cm³/mol. The van der Waals surface area contributed by atoms with Gasteiger partial charge in [0, 0.05) is 11.6 Å². The Kier molecular flexibility index (Phi) is 7.17. The molecule has 0 aliphatic carbocycles. The van der Waals surface area contributed by atoms with E-state index in [9.17, 15) is 22.0 Å². The predicted octanol–water partition coefficient (Wildman–Crippen LogP) is 4.27. The van der Waals surface area contributed by atoms with Gasteiger partial charge in [-0.2, -0.15) is 0 Å². The van der Waals surface area contributed by atoms with Crippen molar-refractivity contribution in [2.45, 2.75) is 17.9 Å². The lowest BCUT2D eigenvalue weighted by molar-refractivity contribution is 0.0935. The van der Waals surface area contributed by atoms with E-state index in [-0.39, 0.29) is 33.2 Å². The van der Waals surface area contributed by atoms with Crippen molar-refractivity contribution in [3.05, 3.63) is 83.4 Å². The molecule has 0 saturated heterocycles. The minimum Gasteiger partial charge on any atom is -0.493 e. The van der Waals surface area contributed by atoms with E-state index < -0.39 is 33.6 Å². The molecule has 3 rings (SSSR count). The first-order valence-electron chi connectivity index (χ1n) is 9.76. The van der Waals surface area contributed by atoms with Gasteiger partial charge in [0.2, 0.25) is 0 Å². The van der Waals surface area contributed by atoms with Crippen LogP contribution in [0.15, 0.2) is 65.6 Å². The maximum absolute atomic E-state index is 14.1. The van der Waals surface area contributed by atoms with Crippen molar-refractivity contribution in [2.75, 3.05) is 18.9 Å². The molecule has 0 aromatic heterocycles. The molecule has 1 amide bonds. The van der Waals surface area contributed by atoms with E-state index in [0.717, 1.165) is 18.2 Å². The van der Waals surface area contributed by atoms with Gasteiger partial charge in [-0.3, -0.25) is 9.52 Å². The summed E-state index contributed by atoms with van der Waals surface area (Å²) in [6.45, 7) is 1.58. The summed E-state index contributed by atoms with van der Waals surface area (Å²) in [5.41, 5.74) is -0.165. The lowest BCUT2D eigenvalue weighted by atomic mass is 10.1. The smallest absolute Gasteiger partial charge is 0.262 e. The van der Waals surface area contributed by atoms with E-state index in [2.05, 4.69) is 10.0 Å². The summed E-state index contributed by atoms with van der Waals surface area (Å²) in [4.78, 5) is 12.7. The summed E-state index contributed by atoms with van der Waals surface area (Å²) >= 11 is 0. The first-order chi connectivity index (χ1) is 15.7. The Morgan fingerprint density at radius 2 is 1.58 bits per heavy atom. The SMILES string of the molecule is COc1cc(S(=O)(=O)Nc2ccccc2F)cc(C(=O)NC(C)c2ccccc2F)c1OC. The number of benzene rings is 3. The number of methoxy groups -OCH3 is 2. The number of hydrogen-bond acceptors (Lipinski definition) is 5. The average molecular weight is 477 g/mol. The van der Waals surface area contributed by atoms with Crippen LogP contribution >= 0.6 is 0 Å². The molecule has 2 N–H and O–H groups in total. The van der Waals surface area contributed by atoms with E-state index in [0.29, 0.717) is 0 Å². The normalized spacial score (nSPS) is 12.0. The van der Waals surface area contributed by atoms with Crippen LogP contribution in [0.4, 0.5) is 14.5 Å². The highest BCUT2D eigenvalue weighted by atomic mass is 32.2. The molecule has 174 valence electrons. The lowest BCUT2D eigenvalue weighted by Crippen LogP contribution is -2.28. The highest BCUT2D eigenvalue weighted by Crippen LogP contribution is 2.35. The third kappa shape index (κ3) is 5.23. The lowest BCUT2D eigenvalue weighted by Gasteiger charge is -2.19. The van der Waals surface area contributed by atoms with Crippen LogP contribution in [0.25, 0.3) is 0 Å². The second kappa shape index (κ2) is 9.86. The molecule has 3 aromatic carbocycles. The molecule has 0 saturated carbocycles. The number of amides is 1. The van der Waals surface area contributed by atoms with Crippen molar-refractivity contribution in [2.24, 2.45) is 0 Å². The van der Waals surface area contributed by atoms with Gasteiger partial charge in [0.15, 0.2) is 11.5 Å².